The van der Waals surface area contributed by atoms with Gasteiger partial charge in [0.2, 0.25) is 11.8 Å². The molecule has 2 aliphatic heterocycles. The molecule has 0 bridgehead atoms. The van der Waals surface area contributed by atoms with Crippen molar-refractivity contribution in [1.82, 2.24) is 4.98 Å². The molecule has 0 unspecified atom stereocenters. The Hall–Kier alpha value is -2.80. The number of benzene rings is 1. The molecule has 1 amide bonds. The molecule has 0 N–H and O–H groups in total. The van der Waals surface area contributed by atoms with Gasteiger partial charge in [-0.25, -0.2) is 14.8 Å². The number of amides is 1. The second-order valence-electron chi connectivity index (χ2n) is 5.82. The van der Waals surface area contributed by atoms with Crippen LogP contribution in [0.2, 0.25) is 0 Å². The SMILES string of the molecule is Cc1nc(/C=C2\N=C(c3ccc(N4CCCC4=O)cc3)OC2=O)cs1. The molecule has 0 radical (unpaired) electrons. The normalized spacial score (nSPS) is 18.8. The molecule has 0 atom stereocenters. The van der Waals surface area contributed by atoms with Gasteiger partial charge in [0.1, 0.15) is 0 Å². The van der Waals surface area contributed by atoms with Gasteiger partial charge in [-0.3, -0.25) is 4.79 Å². The van der Waals surface area contributed by atoms with Gasteiger partial charge < -0.3 is 9.64 Å². The zero-order valence-electron chi connectivity index (χ0n) is 13.6. The summed E-state index contributed by atoms with van der Waals surface area (Å²) in [6, 6.07) is 7.31. The summed E-state index contributed by atoms with van der Waals surface area (Å²) in [5.41, 5.74) is 2.48. The molecule has 1 aromatic carbocycles. The van der Waals surface area contributed by atoms with E-state index in [-0.39, 0.29) is 17.5 Å². The van der Waals surface area contributed by atoms with E-state index in [1.165, 1.54) is 11.3 Å². The number of carbonyl (C=O) groups is 2. The number of rotatable bonds is 3. The number of ether oxygens (including phenoxy) is 1. The second kappa shape index (κ2) is 6.25. The van der Waals surface area contributed by atoms with Gasteiger partial charge >= 0.3 is 5.97 Å². The monoisotopic (exact) mass is 353 g/mol. The number of thiazole rings is 1. The third-order valence-electron chi connectivity index (χ3n) is 4.04. The molecule has 1 fully saturated rings. The van der Waals surface area contributed by atoms with Crippen LogP contribution in [0.3, 0.4) is 0 Å². The minimum atomic E-state index is -0.487. The molecule has 126 valence electrons. The van der Waals surface area contributed by atoms with Crippen molar-refractivity contribution in [3.8, 4) is 0 Å². The molecule has 2 aromatic rings. The molecule has 3 heterocycles. The molecule has 6 nitrogen and oxygen atoms in total. The number of esters is 1. The molecule has 1 aromatic heterocycles. The maximum Gasteiger partial charge on any atom is 0.363 e. The van der Waals surface area contributed by atoms with Gasteiger partial charge in [0, 0.05) is 29.6 Å². The van der Waals surface area contributed by atoms with Crippen LogP contribution >= 0.6 is 11.3 Å². The zero-order valence-corrected chi connectivity index (χ0v) is 14.4. The Kier molecular flexibility index (Phi) is 3.93. The Morgan fingerprint density at radius 2 is 2.04 bits per heavy atom. The van der Waals surface area contributed by atoms with Crippen LogP contribution in [0.5, 0.6) is 0 Å². The molecule has 0 spiro atoms. The van der Waals surface area contributed by atoms with E-state index < -0.39 is 5.97 Å². The number of nitrogens with zero attached hydrogens (tertiary/aromatic N) is 3. The number of aryl methyl sites for hydroxylation is 1. The van der Waals surface area contributed by atoms with Gasteiger partial charge in [0.05, 0.1) is 10.7 Å². The van der Waals surface area contributed by atoms with Crippen molar-refractivity contribution in [1.29, 1.82) is 0 Å². The lowest BCUT2D eigenvalue weighted by Gasteiger charge is -2.15. The topological polar surface area (TPSA) is 71.9 Å². The highest BCUT2D eigenvalue weighted by Gasteiger charge is 2.25. The van der Waals surface area contributed by atoms with E-state index in [2.05, 4.69) is 9.98 Å². The first-order chi connectivity index (χ1) is 12.1. The minimum absolute atomic E-state index is 0.140. The Morgan fingerprint density at radius 3 is 2.68 bits per heavy atom. The van der Waals surface area contributed by atoms with Gasteiger partial charge in [-0.05, 0) is 43.7 Å². The van der Waals surface area contributed by atoms with Crippen molar-refractivity contribution < 1.29 is 14.3 Å². The Morgan fingerprint density at radius 1 is 1.24 bits per heavy atom. The summed E-state index contributed by atoms with van der Waals surface area (Å²) in [6.07, 6.45) is 3.10. The summed E-state index contributed by atoms with van der Waals surface area (Å²) >= 11 is 1.51. The molecule has 7 heteroatoms. The lowest BCUT2D eigenvalue weighted by atomic mass is 10.2. The maximum atomic E-state index is 12.0. The van der Waals surface area contributed by atoms with Crippen LogP contribution in [0, 0.1) is 6.92 Å². The van der Waals surface area contributed by atoms with Gasteiger partial charge in [-0.15, -0.1) is 11.3 Å². The molecule has 2 aliphatic rings. The van der Waals surface area contributed by atoms with E-state index in [9.17, 15) is 9.59 Å². The van der Waals surface area contributed by atoms with Crippen LogP contribution in [-0.4, -0.2) is 29.3 Å². The standard InChI is InChI=1S/C18H15N3O3S/c1-11-19-13(10-25-11)9-15-18(23)24-17(20-15)12-4-6-14(7-5-12)21-8-2-3-16(21)22/h4-7,9-10H,2-3,8H2,1H3/b15-9-. The summed E-state index contributed by atoms with van der Waals surface area (Å²) in [5.74, 6) is -0.0805. The van der Waals surface area contributed by atoms with Crippen molar-refractivity contribution >= 4 is 40.9 Å². The summed E-state index contributed by atoms with van der Waals surface area (Å²) in [6.45, 7) is 2.65. The Balaban J connectivity index is 1.57. The van der Waals surface area contributed by atoms with Crippen LogP contribution < -0.4 is 4.90 Å². The van der Waals surface area contributed by atoms with E-state index in [1.54, 1.807) is 11.0 Å². The van der Waals surface area contributed by atoms with E-state index in [0.29, 0.717) is 17.7 Å². The van der Waals surface area contributed by atoms with Crippen LogP contribution in [0.1, 0.15) is 29.1 Å². The Labute approximate surface area is 148 Å². The number of hydrogen-bond donors (Lipinski definition) is 0. The van der Waals surface area contributed by atoms with Gasteiger partial charge in [-0.1, -0.05) is 0 Å². The molecule has 4 rings (SSSR count). The minimum Gasteiger partial charge on any atom is -0.402 e. The van der Waals surface area contributed by atoms with Gasteiger partial charge in [-0.2, -0.15) is 0 Å². The van der Waals surface area contributed by atoms with Gasteiger partial charge in [0.25, 0.3) is 0 Å². The van der Waals surface area contributed by atoms with Crippen molar-refractivity contribution in [3.63, 3.8) is 0 Å². The third kappa shape index (κ3) is 3.10. The fraction of sp³-hybridized carbons (Fsp3) is 0.222. The largest absolute Gasteiger partial charge is 0.402 e. The van der Waals surface area contributed by atoms with Crippen LogP contribution in [-0.2, 0) is 14.3 Å². The maximum absolute atomic E-state index is 12.0. The quantitative estimate of drug-likeness (QED) is 0.628. The smallest absolute Gasteiger partial charge is 0.363 e. The number of aliphatic imine (C=N–C) groups is 1. The van der Waals surface area contributed by atoms with E-state index >= 15 is 0 Å². The molecule has 25 heavy (non-hydrogen) atoms. The summed E-state index contributed by atoms with van der Waals surface area (Å²) in [7, 11) is 0. The highest BCUT2D eigenvalue weighted by Crippen LogP contribution is 2.24. The van der Waals surface area contributed by atoms with Crippen LogP contribution in [0.15, 0.2) is 40.3 Å². The van der Waals surface area contributed by atoms with E-state index in [1.807, 2.05) is 36.6 Å². The van der Waals surface area contributed by atoms with Crippen LogP contribution in [0.4, 0.5) is 5.69 Å². The van der Waals surface area contributed by atoms with Gasteiger partial charge in [0.15, 0.2) is 5.70 Å². The number of aromatic nitrogens is 1. The lowest BCUT2D eigenvalue weighted by molar-refractivity contribution is -0.130. The highest BCUT2D eigenvalue weighted by atomic mass is 32.1. The first-order valence-electron chi connectivity index (χ1n) is 7.96. The summed E-state index contributed by atoms with van der Waals surface area (Å²) in [5, 5.41) is 2.79. The van der Waals surface area contributed by atoms with Crippen molar-refractivity contribution in [2.24, 2.45) is 4.99 Å². The molecule has 0 aliphatic carbocycles. The van der Waals surface area contributed by atoms with Crippen LogP contribution in [0.25, 0.3) is 6.08 Å². The fourth-order valence-corrected chi connectivity index (χ4v) is 3.39. The molecule has 1 saturated heterocycles. The number of carbonyl (C=O) groups excluding carboxylic acids is 2. The summed E-state index contributed by atoms with van der Waals surface area (Å²) in [4.78, 5) is 34.1. The molecular formula is C18H15N3O3S. The first-order valence-corrected chi connectivity index (χ1v) is 8.83. The first kappa shape index (κ1) is 15.7. The third-order valence-corrected chi connectivity index (χ3v) is 4.83. The van der Waals surface area contributed by atoms with Crippen molar-refractivity contribution in [2.45, 2.75) is 19.8 Å². The van der Waals surface area contributed by atoms with E-state index in [4.69, 9.17) is 4.74 Å². The van der Waals surface area contributed by atoms with E-state index in [0.717, 1.165) is 23.7 Å². The summed E-state index contributed by atoms with van der Waals surface area (Å²) < 4.78 is 5.26. The number of hydrogen-bond acceptors (Lipinski definition) is 6. The average Bonchev–Trinajstić information content (AvgIpc) is 3.30. The lowest BCUT2D eigenvalue weighted by Crippen LogP contribution is -2.23. The van der Waals surface area contributed by atoms with Crippen molar-refractivity contribution in [3.05, 3.63) is 51.6 Å². The average molecular weight is 353 g/mol. The van der Waals surface area contributed by atoms with Crippen molar-refractivity contribution in [2.75, 3.05) is 11.4 Å². The Bertz CT molecular complexity index is 912. The second-order valence-corrected chi connectivity index (χ2v) is 6.89. The molecule has 0 saturated carbocycles. The fourth-order valence-electron chi connectivity index (χ4n) is 2.82. The molecular weight excluding hydrogens is 338 g/mol. The predicted octanol–water partition coefficient (Wildman–Crippen LogP) is 2.92. The predicted molar refractivity (Wildman–Crippen MR) is 95.5 cm³/mol. The zero-order chi connectivity index (χ0) is 17.4. The number of cyclic esters (lactones) is 1. The highest BCUT2D eigenvalue weighted by molar-refractivity contribution is 7.09. The number of anilines is 1.